The Kier molecular flexibility index (Phi) is 2.30. The minimum Gasteiger partial charge on any atom is -0.479 e. The molecule has 1 N–H and O–H groups in total. The van der Waals surface area contributed by atoms with Gasteiger partial charge in [-0.05, 0) is 26.3 Å². The minimum atomic E-state index is 0.376. The SMILES string of the molecule is CC1COC(CC2CCCN2)=N1. The van der Waals surface area contributed by atoms with Gasteiger partial charge in [0.2, 0.25) is 0 Å². The molecule has 2 rings (SSSR count). The number of aliphatic imine (C=N–C) groups is 1. The Morgan fingerprint density at radius 3 is 3.17 bits per heavy atom. The van der Waals surface area contributed by atoms with Gasteiger partial charge in [-0.15, -0.1) is 0 Å². The molecule has 12 heavy (non-hydrogen) atoms. The lowest BCUT2D eigenvalue weighted by molar-refractivity contribution is 0.311. The van der Waals surface area contributed by atoms with Crippen LogP contribution in [-0.4, -0.2) is 31.1 Å². The van der Waals surface area contributed by atoms with Crippen LogP contribution in [0, 0.1) is 0 Å². The van der Waals surface area contributed by atoms with E-state index in [0.29, 0.717) is 12.1 Å². The number of ether oxygens (including phenoxy) is 1. The third-order valence-electron chi connectivity index (χ3n) is 2.44. The third kappa shape index (κ3) is 1.78. The molecule has 0 amide bonds. The lowest BCUT2D eigenvalue weighted by Crippen LogP contribution is -2.24. The first-order chi connectivity index (χ1) is 5.84. The number of nitrogens with one attached hydrogen (secondary N) is 1. The molecule has 2 aliphatic rings. The monoisotopic (exact) mass is 168 g/mol. The molecule has 2 aliphatic heterocycles. The zero-order chi connectivity index (χ0) is 8.39. The molecular formula is C9H16N2O. The van der Waals surface area contributed by atoms with Crippen molar-refractivity contribution < 1.29 is 4.74 Å². The highest BCUT2D eigenvalue weighted by Gasteiger charge is 2.21. The molecule has 1 fully saturated rings. The molecule has 0 aromatic heterocycles. The number of hydrogen-bond donors (Lipinski definition) is 1. The maximum absolute atomic E-state index is 5.44. The van der Waals surface area contributed by atoms with E-state index in [1.807, 2.05) is 0 Å². The first-order valence-corrected chi connectivity index (χ1v) is 4.77. The van der Waals surface area contributed by atoms with Crippen LogP contribution in [0.3, 0.4) is 0 Å². The molecule has 3 nitrogen and oxygen atoms in total. The molecule has 2 unspecified atom stereocenters. The Morgan fingerprint density at radius 2 is 2.58 bits per heavy atom. The Hall–Kier alpha value is -0.570. The summed E-state index contributed by atoms with van der Waals surface area (Å²) in [7, 11) is 0. The lowest BCUT2D eigenvalue weighted by Gasteiger charge is -2.08. The van der Waals surface area contributed by atoms with E-state index >= 15 is 0 Å². The van der Waals surface area contributed by atoms with Crippen LogP contribution < -0.4 is 5.32 Å². The molecule has 0 bridgehead atoms. The molecule has 0 aromatic carbocycles. The van der Waals surface area contributed by atoms with Crippen molar-refractivity contribution in [2.24, 2.45) is 4.99 Å². The van der Waals surface area contributed by atoms with Crippen molar-refractivity contribution in [2.75, 3.05) is 13.2 Å². The summed E-state index contributed by atoms with van der Waals surface area (Å²) in [6.45, 7) is 4.03. The summed E-state index contributed by atoms with van der Waals surface area (Å²) in [5.41, 5.74) is 0. The van der Waals surface area contributed by atoms with E-state index in [2.05, 4.69) is 17.2 Å². The molecule has 0 saturated carbocycles. The summed E-state index contributed by atoms with van der Waals surface area (Å²) in [6, 6.07) is 0.996. The number of rotatable bonds is 2. The van der Waals surface area contributed by atoms with Crippen molar-refractivity contribution in [1.29, 1.82) is 0 Å². The minimum absolute atomic E-state index is 0.376. The van der Waals surface area contributed by atoms with Crippen molar-refractivity contribution >= 4 is 5.90 Å². The largest absolute Gasteiger partial charge is 0.479 e. The fraction of sp³-hybridized carbons (Fsp3) is 0.889. The highest BCUT2D eigenvalue weighted by Crippen LogP contribution is 2.13. The topological polar surface area (TPSA) is 33.6 Å². The molecule has 2 atom stereocenters. The summed E-state index contributed by atoms with van der Waals surface area (Å²) in [5, 5.41) is 3.44. The van der Waals surface area contributed by atoms with Crippen molar-refractivity contribution in [2.45, 2.75) is 38.3 Å². The zero-order valence-corrected chi connectivity index (χ0v) is 7.55. The van der Waals surface area contributed by atoms with Gasteiger partial charge >= 0.3 is 0 Å². The molecule has 68 valence electrons. The first kappa shape index (κ1) is 8.05. The van der Waals surface area contributed by atoms with Gasteiger partial charge in [0.1, 0.15) is 6.61 Å². The molecule has 0 radical (unpaired) electrons. The van der Waals surface area contributed by atoms with Crippen LogP contribution in [0.4, 0.5) is 0 Å². The quantitative estimate of drug-likeness (QED) is 0.666. The van der Waals surface area contributed by atoms with E-state index < -0.39 is 0 Å². The highest BCUT2D eigenvalue weighted by molar-refractivity contribution is 5.78. The van der Waals surface area contributed by atoms with E-state index in [1.165, 1.54) is 12.8 Å². The van der Waals surface area contributed by atoms with Gasteiger partial charge in [0, 0.05) is 12.5 Å². The molecule has 0 aliphatic carbocycles. The smallest absolute Gasteiger partial charge is 0.185 e. The molecule has 3 heteroatoms. The van der Waals surface area contributed by atoms with Gasteiger partial charge in [0.05, 0.1) is 6.04 Å². The van der Waals surface area contributed by atoms with Gasteiger partial charge in [-0.3, -0.25) is 0 Å². The van der Waals surface area contributed by atoms with E-state index in [-0.39, 0.29) is 0 Å². The van der Waals surface area contributed by atoms with Crippen LogP contribution in [-0.2, 0) is 4.74 Å². The Bertz CT molecular complexity index is 185. The van der Waals surface area contributed by atoms with Gasteiger partial charge in [-0.1, -0.05) is 0 Å². The molecular weight excluding hydrogens is 152 g/mol. The second kappa shape index (κ2) is 3.44. The van der Waals surface area contributed by atoms with Crippen LogP contribution in [0.25, 0.3) is 0 Å². The summed E-state index contributed by atoms with van der Waals surface area (Å²) in [4.78, 5) is 4.41. The maximum Gasteiger partial charge on any atom is 0.185 e. The fourth-order valence-corrected chi connectivity index (χ4v) is 1.79. The average molecular weight is 168 g/mol. The Morgan fingerprint density at radius 1 is 1.67 bits per heavy atom. The lowest BCUT2D eigenvalue weighted by atomic mass is 10.1. The van der Waals surface area contributed by atoms with Gasteiger partial charge in [-0.2, -0.15) is 0 Å². The van der Waals surface area contributed by atoms with Crippen LogP contribution in [0.5, 0.6) is 0 Å². The average Bonchev–Trinajstić information content (AvgIpc) is 2.63. The van der Waals surface area contributed by atoms with E-state index in [0.717, 1.165) is 25.5 Å². The maximum atomic E-state index is 5.44. The Labute approximate surface area is 73.2 Å². The molecule has 0 spiro atoms. The van der Waals surface area contributed by atoms with Crippen molar-refractivity contribution in [3.63, 3.8) is 0 Å². The first-order valence-electron chi connectivity index (χ1n) is 4.77. The predicted octanol–water partition coefficient (Wildman–Crippen LogP) is 0.946. The Balaban J connectivity index is 1.82. The fourth-order valence-electron chi connectivity index (χ4n) is 1.79. The van der Waals surface area contributed by atoms with Crippen LogP contribution in [0.2, 0.25) is 0 Å². The van der Waals surface area contributed by atoms with Crippen molar-refractivity contribution in [3.8, 4) is 0 Å². The standard InChI is InChI=1S/C9H16N2O/c1-7-6-12-9(11-7)5-8-3-2-4-10-8/h7-8,10H,2-6H2,1H3. The second-order valence-corrected chi connectivity index (χ2v) is 3.68. The van der Waals surface area contributed by atoms with Crippen LogP contribution in [0.15, 0.2) is 4.99 Å². The highest BCUT2D eigenvalue weighted by atomic mass is 16.5. The van der Waals surface area contributed by atoms with Gasteiger partial charge in [-0.25, -0.2) is 4.99 Å². The summed E-state index contributed by atoms with van der Waals surface area (Å²) in [6.07, 6.45) is 3.56. The van der Waals surface area contributed by atoms with Crippen LogP contribution >= 0.6 is 0 Å². The third-order valence-corrected chi connectivity index (χ3v) is 2.44. The number of nitrogens with zero attached hydrogens (tertiary/aromatic N) is 1. The zero-order valence-electron chi connectivity index (χ0n) is 7.55. The van der Waals surface area contributed by atoms with Gasteiger partial charge < -0.3 is 10.1 Å². The summed E-state index contributed by atoms with van der Waals surface area (Å²) >= 11 is 0. The molecule has 0 aromatic rings. The molecule has 2 heterocycles. The van der Waals surface area contributed by atoms with Crippen molar-refractivity contribution in [1.82, 2.24) is 5.32 Å². The normalized spacial score (nSPS) is 34.9. The predicted molar refractivity (Wildman–Crippen MR) is 48.5 cm³/mol. The van der Waals surface area contributed by atoms with E-state index in [1.54, 1.807) is 0 Å². The second-order valence-electron chi connectivity index (χ2n) is 3.68. The van der Waals surface area contributed by atoms with Crippen molar-refractivity contribution in [3.05, 3.63) is 0 Å². The van der Waals surface area contributed by atoms with E-state index in [4.69, 9.17) is 4.74 Å². The van der Waals surface area contributed by atoms with E-state index in [9.17, 15) is 0 Å². The summed E-state index contributed by atoms with van der Waals surface area (Å²) < 4.78 is 5.44. The number of hydrogen-bond acceptors (Lipinski definition) is 3. The van der Waals surface area contributed by atoms with Gasteiger partial charge in [0.25, 0.3) is 0 Å². The van der Waals surface area contributed by atoms with Gasteiger partial charge in [0.15, 0.2) is 5.90 Å². The summed E-state index contributed by atoms with van der Waals surface area (Å²) in [5.74, 6) is 0.960. The van der Waals surface area contributed by atoms with Crippen LogP contribution in [0.1, 0.15) is 26.2 Å². The molecule has 1 saturated heterocycles.